The largest absolute Gasteiger partial charge is 0.494 e. The molecule has 1 aromatic carbocycles. The molecule has 1 aromatic heterocycles. The minimum absolute atomic E-state index is 0.0796. The maximum atomic E-state index is 12.3. The Kier molecular flexibility index (Phi) is 5.36. The van der Waals surface area contributed by atoms with Crippen molar-refractivity contribution in [2.24, 2.45) is 0 Å². The molecular formula is C17H20N2O3. The summed E-state index contributed by atoms with van der Waals surface area (Å²) in [6.07, 6.45) is 1.52. The highest BCUT2D eigenvalue weighted by Crippen LogP contribution is 2.15. The van der Waals surface area contributed by atoms with E-state index in [0.29, 0.717) is 24.6 Å². The maximum absolute atomic E-state index is 12.3. The molecule has 0 aliphatic heterocycles. The third-order valence-electron chi connectivity index (χ3n) is 3.19. The van der Waals surface area contributed by atoms with Gasteiger partial charge in [-0.1, -0.05) is 12.1 Å². The second-order valence-corrected chi connectivity index (χ2v) is 4.83. The second-order valence-electron chi connectivity index (χ2n) is 4.83. The SMILES string of the molecule is CCOc1ccc(CN(C)C(=O)c2ccc(OC)nc2)cc1. The summed E-state index contributed by atoms with van der Waals surface area (Å²) in [5, 5.41) is 0. The van der Waals surface area contributed by atoms with Crippen LogP contribution in [0.5, 0.6) is 11.6 Å². The van der Waals surface area contributed by atoms with E-state index < -0.39 is 0 Å². The van der Waals surface area contributed by atoms with Crippen molar-refractivity contribution in [3.63, 3.8) is 0 Å². The summed E-state index contributed by atoms with van der Waals surface area (Å²) in [7, 11) is 3.31. The molecule has 116 valence electrons. The summed E-state index contributed by atoms with van der Waals surface area (Å²) >= 11 is 0. The first-order valence-corrected chi connectivity index (χ1v) is 7.11. The summed E-state index contributed by atoms with van der Waals surface area (Å²) in [6, 6.07) is 11.1. The van der Waals surface area contributed by atoms with Crippen LogP contribution in [0.1, 0.15) is 22.8 Å². The summed E-state index contributed by atoms with van der Waals surface area (Å²) in [5.41, 5.74) is 1.58. The third kappa shape index (κ3) is 3.97. The molecule has 0 fully saturated rings. The van der Waals surface area contributed by atoms with Crippen LogP contribution < -0.4 is 9.47 Å². The Morgan fingerprint density at radius 3 is 2.45 bits per heavy atom. The number of carbonyl (C=O) groups is 1. The maximum Gasteiger partial charge on any atom is 0.255 e. The van der Waals surface area contributed by atoms with Gasteiger partial charge < -0.3 is 14.4 Å². The topological polar surface area (TPSA) is 51.7 Å². The van der Waals surface area contributed by atoms with Crippen LogP contribution in [-0.4, -0.2) is 36.6 Å². The van der Waals surface area contributed by atoms with Crippen molar-refractivity contribution in [1.82, 2.24) is 9.88 Å². The smallest absolute Gasteiger partial charge is 0.255 e. The lowest BCUT2D eigenvalue weighted by Crippen LogP contribution is -2.26. The Labute approximate surface area is 130 Å². The number of benzene rings is 1. The van der Waals surface area contributed by atoms with Gasteiger partial charge in [-0.3, -0.25) is 4.79 Å². The van der Waals surface area contributed by atoms with Crippen molar-refractivity contribution in [2.75, 3.05) is 20.8 Å². The molecule has 0 N–H and O–H groups in total. The van der Waals surface area contributed by atoms with Crippen molar-refractivity contribution >= 4 is 5.91 Å². The van der Waals surface area contributed by atoms with E-state index in [9.17, 15) is 4.79 Å². The molecule has 0 spiro atoms. The monoisotopic (exact) mass is 300 g/mol. The average molecular weight is 300 g/mol. The first-order valence-electron chi connectivity index (χ1n) is 7.11. The van der Waals surface area contributed by atoms with E-state index in [1.807, 2.05) is 31.2 Å². The van der Waals surface area contributed by atoms with E-state index in [1.54, 1.807) is 31.2 Å². The minimum atomic E-state index is -0.0796. The van der Waals surface area contributed by atoms with E-state index >= 15 is 0 Å². The lowest BCUT2D eigenvalue weighted by molar-refractivity contribution is 0.0784. The van der Waals surface area contributed by atoms with Crippen LogP contribution >= 0.6 is 0 Å². The van der Waals surface area contributed by atoms with Crippen LogP contribution in [-0.2, 0) is 6.54 Å². The summed E-state index contributed by atoms with van der Waals surface area (Å²) in [6.45, 7) is 3.11. The van der Waals surface area contributed by atoms with Crippen LogP contribution in [0.4, 0.5) is 0 Å². The first kappa shape index (κ1) is 15.8. The second kappa shape index (κ2) is 7.45. The van der Waals surface area contributed by atoms with Gasteiger partial charge in [-0.05, 0) is 30.7 Å². The molecule has 2 rings (SSSR count). The zero-order chi connectivity index (χ0) is 15.9. The normalized spacial score (nSPS) is 10.1. The molecule has 0 aliphatic carbocycles. The van der Waals surface area contributed by atoms with Crippen molar-refractivity contribution in [3.05, 3.63) is 53.7 Å². The molecule has 0 saturated carbocycles. The van der Waals surface area contributed by atoms with E-state index in [-0.39, 0.29) is 5.91 Å². The number of carbonyl (C=O) groups excluding carboxylic acids is 1. The number of hydrogen-bond acceptors (Lipinski definition) is 4. The molecule has 22 heavy (non-hydrogen) atoms. The lowest BCUT2D eigenvalue weighted by atomic mass is 10.2. The lowest BCUT2D eigenvalue weighted by Gasteiger charge is -2.17. The van der Waals surface area contributed by atoms with Crippen molar-refractivity contribution < 1.29 is 14.3 Å². The van der Waals surface area contributed by atoms with Gasteiger partial charge in [0.2, 0.25) is 5.88 Å². The van der Waals surface area contributed by atoms with Gasteiger partial charge in [0.15, 0.2) is 0 Å². The zero-order valence-corrected chi connectivity index (χ0v) is 13.1. The molecule has 5 heteroatoms. The number of amides is 1. The number of ether oxygens (including phenoxy) is 2. The number of methoxy groups -OCH3 is 1. The molecule has 0 bridgehead atoms. The van der Waals surface area contributed by atoms with Gasteiger partial charge >= 0.3 is 0 Å². The Balaban J connectivity index is 2.00. The predicted octanol–water partition coefficient (Wildman–Crippen LogP) is 2.76. The number of rotatable bonds is 6. The van der Waals surface area contributed by atoms with E-state index in [0.717, 1.165) is 11.3 Å². The van der Waals surface area contributed by atoms with E-state index in [2.05, 4.69) is 4.98 Å². The number of hydrogen-bond donors (Lipinski definition) is 0. The highest BCUT2D eigenvalue weighted by molar-refractivity contribution is 5.93. The molecule has 1 heterocycles. The number of aromatic nitrogens is 1. The zero-order valence-electron chi connectivity index (χ0n) is 13.1. The molecule has 0 aliphatic rings. The number of nitrogens with zero attached hydrogens (tertiary/aromatic N) is 2. The molecule has 0 unspecified atom stereocenters. The van der Waals surface area contributed by atoms with Crippen molar-refractivity contribution in [3.8, 4) is 11.6 Å². The highest BCUT2D eigenvalue weighted by Gasteiger charge is 2.12. The summed E-state index contributed by atoms with van der Waals surface area (Å²) < 4.78 is 10.4. The Hall–Kier alpha value is -2.56. The Morgan fingerprint density at radius 1 is 1.18 bits per heavy atom. The number of pyridine rings is 1. The summed E-state index contributed by atoms with van der Waals surface area (Å²) in [4.78, 5) is 18.0. The quantitative estimate of drug-likeness (QED) is 0.823. The van der Waals surface area contributed by atoms with Gasteiger partial charge in [-0.15, -0.1) is 0 Å². The Morgan fingerprint density at radius 2 is 1.91 bits per heavy atom. The molecule has 0 atom stereocenters. The molecule has 2 aromatic rings. The van der Waals surface area contributed by atoms with Crippen LogP contribution in [0.25, 0.3) is 0 Å². The Bertz CT molecular complexity index is 609. The van der Waals surface area contributed by atoms with Crippen molar-refractivity contribution in [1.29, 1.82) is 0 Å². The average Bonchev–Trinajstić information content (AvgIpc) is 2.56. The van der Waals surface area contributed by atoms with Crippen molar-refractivity contribution in [2.45, 2.75) is 13.5 Å². The van der Waals surface area contributed by atoms with Gasteiger partial charge in [-0.2, -0.15) is 0 Å². The third-order valence-corrected chi connectivity index (χ3v) is 3.19. The fourth-order valence-electron chi connectivity index (χ4n) is 2.05. The van der Waals surface area contributed by atoms with Crippen LogP contribution in [0, 0.1) is 0 Å². The highest BCUT2D eigenvalue weighted by atomic mass is 16.5. The van der Waals surface area contributed by atoms with Crippen LogP contribution in [0.15, 0.2) is 42.6 Å². The molecular weight excluding hydrogens is 280 g/mol. The van der Waals surface area contributed by atoms with Gasteiger partial charge in [0.25, 0.3) is 5.91 Å². The fraction of sp³-hybridized carbons (Fsp3) is 0.294. The minimum Gasteiger partial charge on any atom is -0.494 e. The predicted molar refractivity (Wildman–Crippen MR) is 84.2 cm³/mol. The molecule has 1 amide bonds. The van der Waals surface area contributed by atoms with Crippen LogP contribution in [0.2, 0.25) is 0 Å². The van der Waals surface area contributed by atoms with Gasteiger partial charge in [0, 0.05) is 25.9 Å². The fourth-order valence-corrected chi connectivity index (χ4v) is 2.05. The van der Waals surface area contributed by atoms with Gasteiger partial charge in [-0.25, -0.2) is 4.98 Å². The standard InChI is InChI=1S/C17H20N2O3/c1-4-22-15-8-5-13(6-9-15)12-19(2)17(20)14-7-10-16(21-3)18-11-14/h5-11H,4,12H2,1-3H3. The van der Waals surface area contributed by atoms with E-state index in [1.165, 1.54) is 6.20 Å². The van der Waals surface area contributed by atoms with Gasteiger partial charge in [0.05, 0.1) is 19.3 Å². The molecule has 0 radical (unpaired) electrons. The first-order chi connectivity index (χ1) is 10.6. The van der Waals surface area contributed by atoms with E-state index in [4.69, 9.17) is 9.47 Å². The molecule has 0 saturated heterocycles. The molecule has 5 nitrogen and oxygen atoms in total. The summed E-state index contributed by atoms with van der Waals surface area (Å²) in [5.74, 6) is 1.24. The van der Waals surface area contributed by atoms with Crippen LogP contribution in [0.3, 0.4) is 0 Å². The van der Waals surface area contributed by atoms with Gasteiger partial charge in [0.1, 0.15) is 5.75 Å².